The zero-order valence-corrected chi connectivity index (χ0v) is 14.3. The third kappa shape index (κ3) is 5.37. The van der Waals surface area contributed by atoms with Crippen molar-refractivity contribution in [1.82, 2.24) is 5.32 Å². The van der Waals surface area contributed by atoms with Gasteiger partial charge in [-0.05, 0) is 43.7 Å². The fourth-order valence-electron chi connectivity index (χ4n) is 2.80. The minimum Gasteiger partial charge on any atom is -0.489 e. The Labute approximate surface area is 140 Å². The average molecular weight is 365 g/mol. The van der Waals surface area contributed by atoms with Crippen LogP contribution in [0.2, 0.25) is 0 Å². The lowest BCUT2D eigenvalue weighted by molar-refractivity contribution is -0.137. The van der Waals surface area contributed by atoms with Crippen LogP contribution < -0.4 is 10.1 Å². The van der Waals surface area contributed by atoms with Crippen LogP contribution in [0, 0.1) is 5.92 Å². The maximum absolute atomic E-state index is 12.6. The van der Waals surface area contributed by atoms with Gasteiger partial charge in [0.2, 0.25) is 0 Å². The molecule has 1 aliphatic rings. The SMILES string of the molecule is CCCS(=O)(=O)C[C@@H](Oc1ccc(C(F)(F)F)cc1)[C@H]1CCNC1. The van der Waals surface area contributed by atoms with E-state index in [1.165, 1.54) is 12.1 Å². The standard InChI is InChI=1S/C16H22F3NO3S/c1-2-9-24(21,22)11-15(12-7-8-20-10-12)23-14-5-3-13(4-6-14)16(17,18)19/h3-6,12,15,20H,2,7-11H2,1H3/t12-,15+/m0/s1. The van der Waals surface area contributed by atoms with Gasteiger partial charge in [0.15, 0.2) is 9.84 Å². The number of ether oxygens (including phenoxy) is 1. The first kappa shape index (κ1) is 19.1. The molecule has 1 saturated heterocycles. The van der Waals surface area contributed by atoms with Gasteiger partial charge in [0, 0.05) is 12.5 Å². The number of halogens is 3. The molecule has 1 N–H and O–H groups in total. The summed E-state index contributed by atoms with van der Waals surface area (Å²) in [4.78, 5) is 0. The molecular weight excluding hydrogens is 343 g/mol. The second kappa shape index (κ2) is 7.74. The van der Waals surface area contributed by atoms with E-state index in [0.717, 1.165) is 25.1 Å². The van der Waals surface area contributed by atoms with Crippen LogP contribution in [0.15, 0.2) is 24.3 Å². The van der Waals surface area contributed by atoms with Gasteiger partial charge >= 0.3 is 6.18 Å². The molecule has 2 atom stereocenters. The Balaban J connectivity index is 2.13. The molecule has 0 amide bonds. The minimum atomic E-state index is -4.40. The number of sulfone groups is 1. The van der Waals surface area contributed by atoms with E-state index in [2.05, 4.69) is 5.32 Å². The summed E-state index contributed by atoms with van der Waals surface area (Å²) >= 11 is 0. The van der Waals surface area contributed by atoms with Gasteiger partial charge in [0.1, 0.15) is 11.9 Å². The van der Waals surface area contributed by atoms with Gasteiger partial charge in [-0.25, -0.2) is 8.42 Å². The van der Waals surface area contributed by atoms with E-state index in [4.69, 9.17) is 4.74 Å². The first-order chi connectivity index (χ1) is 11.2. The molecule has 136 valence electrons. The van der Waals surface area contributed by atoms with Crippen molar-refractivity contribution >= 4 is 9.84 Å². The monoisotopic (exact) mass is 365 g/mol. The molecule has 24 heavy (non-hydrogen) atoms. The van der Waals surface area contributed by atoms with Gasteiger partial charge in [-0.15, -0.1) is 0 Å². The topological polar surface area (TPSA) is 55.4 Å². The van der Waals surface area contributed by atoms with Crippen molar-refractivity contribution in [2.75, 3.05) is 24.6 Å². The van der Waals surface area contributed by atoms with E-state index < -0.39 is 27.7 Å². The van der Waals surface area contributed by atoms with Crippen molar-refractivity contribution in [3.05, 3.63) is 29.8 Å². The molecule has 0 saturated carbocycles. The molecule has 0 radical (unpaired) electrons. The van der Waals surface area contributed by atoms with Gasteiger partial charge in [-0.2, -0.15) is 13.2 Å². The number of hydrogen-bond acceptors (Lipinski definition) is 4. The van der Waals surface area contributed by atoms with Crippen molar-refractivity contribution in [3.8, 4) is 5.75 Å². The van der Waals surface area contributed by atoms with Gasteiger partial charge in [0.25, 0.3) is 0 Å². The van der Waals surface area contributed by atoms with Crippen LogP contribution in [0.5, 0.6) is 5.75 Å². The maximum Gasteiger partial charge on any atom is 0.416 e. The summed E-state index contributed by atoms with van der Waals surface area (Å²) in [6, 6.07) is 4.37. The molecule has 0 aliphatic carbocycles. The molecule has 1 aromatic rings. The third-order valence-electron chi connectivity index (χ3n) is 4.03. The second-order valence-electron chi connectivity index (χ2n) is 6.05. The number of nitrogens with one attached hydrogen (secondary N) is 1. The molecule has 0 bridgehead atoms. The predicted molar refractivity (Wildman–Crippen MR) is 85.8 cm³/mol. The Morgan fingerprint density at radius 2 is 1.96 bits per heavy atom. The summed E-state index contributed by atoms with van der Waals surface area (Å²) < 4.78 is 67.8. The van der Waals surface area contributed by atoms with Crippen molar-refractivity contribution < 1.29 is 26.3 Å². The molecule has 1 heterocycles. The maximum atomic E-state index is 12.6. The van der Waals surface area contributed by atoms with Crippen molar-refractivity contribution in [3.63, 3.8) is 0 Å². The fraction of sp³-hybridized carbons (Fsp3) is 0.625. The number of rotatable bonds is 7. The van der Waals surface area contributed by atoms with Gasteiger partial charge in [0.05, 0.1) is 17.1 Å². The number of benzene rings is 1. The largest absolute Gasteiger partial charge is 0.489 e. The Kier molecular flexibility index (Phi) is 6.14. The average Bonchev–Trinajstić information content (AvgIpc) is 3.00. The van der Waals surface area contributed by atoms with Crippen LogP contribution in [0.25, 0.3) is 0 Å². The van der Waals surface area contributed by atoms with E-state index in [-0.39, 0.29) is 23.2 Å². The van der Waals surface area contributed by atoms with Gasteiger partial charge in [-0.1, -0.05) is 6.92 Å². The highest BCUT2D eigenvalue weighted by Crippen LogP contribution is 2.31. The molecule has 1 aromatic carbocycles. The lowest BCUT2D eigenvalue weighted by Gasteiger charge is -2.24. The second-order valence-corrected chi connectivity index (χ2v) is 8.27. The molecule has 1 aliphatic heterocycles. The molecule has 0 unspecified atom stereocenters. The van der Waals surface area contributed by atoms with Gasteiger partial charge < -0.3 is 10.1 Å². The van der Waals surface area contributed by atoms with Crippen LogP contribution >= 0.6 is 0 Å². The summed E-state index contributed by atoms with van der Waals surface area (Å²) in [6.45, 7) is 3.22. The summed E-state index contributed by atoms with van der Waals surface area (Å²) in [6.07, 6.45) is -3.66. The molecule has 0 aromatic heterocycles. The highest BCUT2D eigenvalue weighted by molar-refractivity contribution is 7.91. The zero-order valence-electron chi connectivity index (χ0n) is 13.5. The number of alkyl halides is 3. The molecule has 1 fully saturated rings. The van der Waals surface area contributed by atoms with Gasteiger partial charge in [-0.3, -0.25) is 0 Å². The minimum absolute atomic E-state index is 0.0268. The fourth-order valence-corrected chi connectivity index (χ4v) is 4.43. The predicted octanol–water partition coefficient (Wildman–Crippen LogP) is 2.89. The van der Waals surface area contributed by atoms with Crippen LogP contribution in [-0.2, 0) is 16.0 Å². The van der Waals surface area contributed by atoms with E-state index >= 15 is 0 Å². The smallest absolute Gasteiger partial charge is 0.416 e. The van der Waals surface area contributed by atoms with E-state index in [0.29, 0.717) is 13.0 Å². The zero-order chi connectivity index (χ0) is 17.8. The van der Waals surface area contributed by atoms with E-state index in [1.807, 2.05) is 0 Å². The molecule has 4 nitrogen and oxygen atoms in total. The van der Waals surface area contributed by atoms with Crippen LogP contribution in [0.4, 0.5) is 13.2 Å². The first-order valence-electron chi connectivity index (χ1n) is 7.96. The van der Waals surface area contributed by atoms with Crippen LogP contribution in [-0.4, -0.2) is 39.1 Å². The first-order valence-corrected chi connectivity index (χ1v) is 9.78. The summed E-state index contributed by atoms with van der Waals surface area (Å²) in [7, 11) is -3.25. The van der Waals surface area contributed by atoms with Crippen molar-refractivity contribution in [2.24, 2.45) is 5.92 Å². The van der Waals surface area contributed by atoms with Crippen LogP contribution in [0.3, 0.4) is 0 Å². The normalized spacial score (nSPS) is 20.1. The molecule has 8 heteroatoms. The molecule has 2 rings (SSSR count). The number of hydrogen-bond donors (Lipinski definition) is 1. The Morgan fingerprint density at radius 1 is 1.29 bits per heavy atom. The summed E-state index contributed by atoms with van der Waals surface area (Å²) in [5.74, 6) is 0.249. The molecule has 0 spiro atoms. The van der Waals surface area contributed by atoms with E-state index in [1.54, 1.807) is 6.92 Å². The van der Waals surface area contributed by atoms with Crippen LogP contribution in [0.1, 0.15) is 25.3 Å². The van der Waals surface area contributed by atoms with Crippen molar-refractivity contribution in [1.29, 1.82) is 0 Å². The lowest BCUT2D eigenvalue weighted by Crippen LogP contribution is -2.36. The summed E-state index contributed by atoms with van der Waals surface area (Å²) in [5, 5.41) is 3.16. The Morgan fingerprint density at radius 3 is 2.46 bits per heavy atom. The van der Waals surface area contributed by atoms with E-state index in [9.17, 15) is 21.6 Å². The highest BCUT2D eigenvalue weighted by Gasteiger charge is 2.32. The lowest BCUT2D eigenvalue weighted by atomic mass is 10.0. The van der Waals surface area contributed by atoms with Crippen molar-refractivity contribution in [2.45, 2.75) is 32.0 Å². The highest BCUT2D eigenvalue weighted by atomic mass is 32.2. The molecular formula is C16H22F3NO3S. The Hall–Kier alpha value is -1.28. The summed E-state index contributed by atoms with van der Waals surface area (Å²) in [5.41, 5.74) is -0.757. The Bertz CT molecular complexity index is 623. The third-order valence-corrected chi connectivity index (χ3v) is 5.89. The quantitative estimate of drug-likeness (QED) is 0.807.